The molecule has 1 aromatic heterocycles. The van der Waals surface area contributed by atoms with E-state index in [-0.39, 0.29) is 17.8 Å². The number of hydrogen-bond donors (Lipinski definition) is 2. The van der Waals surface area contributed by atoms with Crippen LogP contribution in [-0.2, 0) is 16.9 Å². The Hall–Kier alpha value is -7.53. The number of fused-ring (bicyclic) bond motifs is 2. The molecule has 2 N–H and O–H groups in total. The summed E-state index contributed by atoms with van der Waals surface area (Å²) in [5.41, 5.74) is 4.63. The van der Waals surface area contributed by atoms with Crippen LogP contribution in [0.3, 0.4) is 0 Å². The summed E-state index contributed by atoms with van der Waals surface area (Å²) in [6.45, 7) is 0.825. The number of para-hydroxylation sites is 1. The van der Waals surface area contributed by atoms with Crippen molar-refractivity contribution >= 4 is 29.0 Å². The van der Waals surface area contributed by atoms with Gasteiger partial charge in [-0.1, -0.05) is 121 Å². The van der Waals surface area contributed by atoms with Crippen molar-refractivity contribution in [2.24, 2.45) is 4.99 Å². The lowest BCUT2D eigenvalue weighted by molar-refractivity contribution is -0.120. The standard InChI is InChI=1S/C47H37FN6O4/c48-39-22-12-10-20-37(39)43-38-21-11-13-23-40(38)54(45(55)44(51-43)52-46(56)50-35-24-25-41-42(28-35)58-27-26-57-41)30-36-29-53(31-49-36)47(32-14-4-1-5-15-32,33-16-6-2-7-17-33)34-18-8-3-9-19-34/h1-25,28-29,31,44H,26-27,30H2,(H2,50,52,56)/t44-/m0/s1. The van der Waals surface area contributed by atoms with Gasteiger partial charge >= 0.3 is 6.03 Å². The molecule has 0 saturated carbocycles. The van der Waals surface area contributed by atoms with Crippen molar-refractivity contribution in [3.8, 4) is 11.5 Å². The third-order valence-electron chi connectivity index (χ3n) is 10.3. The van der Waals surface area contributed by atoms with Gasteiger partial charge in [0.1, 0.15) is 24.6 Å². The van der Waals surface area contributed by atoms with Crippen molar-refractivity contribution in [3.05, 3.63) is 210 Å². The zero-order chi connectivity index (χ0) is 39.5. The second-order valence-corrected chi connectivity index (χ2v) is 13.8. The minimum atomic E-state index is -1.45. The van der Waals surface area contributed by atoms with E-state index in [2.05, 4.69) is 51.6 Å². The van der Waals surface area contributed by atoms with Gasteiger partial charge in [-0.15, -0.1) is 0 Å². The number of benzodiazepines with no additional fused rings is 1. The molecule has 9 rings (SSSR count). The lowest BCUT2D eigenvalue weighted by atomic mass is 9.77. The summed E-state index contributed by atoms with van der Waals surface area (Å²) >= 11 is 0. The number of nitrogens with zero attached hydrogens (tertiary/aromatic N) is 4. The molecule has 286 valence electrons. The highest BCUT2D eigenvalue weighted by molar-refractivity contribution is 6.20. The Kier molecular flexibility index (Phi) is 9.68. The summed E-state index contributed by atoms with van der Waals surface area (Å²) in [5.74, 6) is 0.00589. The number of anilines is 2. The van der Waals surface area contributed by atoms with Crippen LogP contribution in [0.2, 0.25) is 0 Å². The summed E-state index contributed by atoms with van der Waals surface area (Å²) in [6, 6.07) is 48.5. The van der Waals surface area contributed by atoms with Crippen LogP contribution in [0, 0.1) is 5.82 Å². The van der Waals surface area contributed by atoms with Gasteiger partial charge in [-0.05, 0) is 47.0 Å². The molecule has 0 bridgehead atoms. The van der Waals surface area contributed by atoms with E-state index in [1.54, 1.807) is 59.8 Å². The number of benzene rings is 6. The van der Waals surface area contributed by atoms with Crippen molar-refractivity contribution in [2.45, 2.75) is 18.2 Å². The van der Waals surface area contributed by atoms with Crippen molar-refractivity contribution in [2.75, 3.05) is 23.4 Å². The molecule has 0 radical (unpaired) electrons. The van der Waals surface area contributed by atoms with Crippen molar-refractivity contribution in [1.29, 1.82) is 0 Å². The predicted octanol–water partition coefficient (Wildman–Crippen LogP) is 8.17. The number of imidazole rings is 1. The monoisotopic (exact) mass is 768 g/mol. The summed E-state index contributed by atoms with van der Waals surface area (Å²) in [4.78, 5) is 39.7. The first-order chi connectivity index (χ1) is 28.5. The maximum atomic E-state index is 15.6. The fourth-order valence-electron chi connectivity index (χ4n) is 7.74. The van der Waals surface area contributed by atoms with Gasteiger partial charge in [0.2, 0.25) is 6.17 Å². The average molecular weight is 769 g/mol. The number of aliphatic imine (C=N–C) groups is 1. The number of aromatic nitrogens is 2. The molecule has 0 saturated heterocycles. The quantitative estimate of drug-likeness (QED) is 0.144. The maximum Gasteiger partial charge on any atom is 0.321 e. The van der Waals surface area contributed by atoms with Crippen LogP contribution in [0.25, 0.3) is 0 Å². The smallest absolute Gasteiger partial charge is 0.321 e. The molecule has 0 aliphatic carbocycles. The Balaban J connectivity index is 1.12. The molecule has 11 heteroatoms. The van der Waals surface area contributed by atoms with E-state index >= 15 is 4.39 Å². The highest BCUT2D eigenvalue weighted by Crippen LogP contribution is 2.41. The zero-order valence-corrected chi connectivity index (χ0v) is 31.2. The third kappa shape index (κ3) is 6.72. The van der Waals surface area contributed by atoms with Gasteiger partial charge < -0.3 is 29.6 Å². The van der Waals surface area contributed by atoms with Crippen LogP contribution in [0.15, 0.2) is 175 Å². The minimum Gasteiger partial charge on any atom is -0.486 e. The lowest BCUT2D eigenvalue weighted by Crippen LogP contribution is -2.48. The van der Waals surface area contributed by atoms with Gasteiger partial charge in [0.25, 0.3) is 5.91 Å². The van der Waals surface area contributed by atoms with Gasteiger partial charge in [0.05, 0.1) is 30.0 Å². The van der Waals surface area contributed by atoms with E-state index in [9.17, 15) is 9.59 Å². The summed E-state index contributed by atoms with van der Waals surface area (Å²) in [6.07, 6.45) is 2.29. The Morgan fingerprint density at radius 2 is 1.31 bits per heavy atom. The van der Waals surface area contributed by atoms with Crippen LogP contribution < -0.4 is 25.0 Å². The number of carbonyl (C=O) groups excluding carboxylic acids is 2. The zero-order valence-electron chi connectivity index (χ0n) is 31.2. The third-order valence-corrected chi connectivity index (χ3v) is 10.3. The highest BCUT2D eigenvalue weighted by Gasteiger charge is 2.39. The number of amides is 3. The van der Waals surface area contributed by atoms with E-state index in [0.717, 1.165) is 16.7 Å². The molecule has 3 heterocycles. The second-order valence-electron chi connectivity index (χ2n) is 13.8. The normalized spacial score (nSPS) is 14.8. The lowest BCUT2D eigenvalue weighted by Gasteiger charge is -2.37. The molecule has 6 aromatic carbocycles. The molecule has 0 fully saturated rings. The SMILES string of the molecule is O=C(Nc1ccc2c(c1)OCCO2)N[C@@H]1N=C(c2ccccc2F)c2ccccc2N(Cc2cn(C(c3ccccc3)(c3ccccc3)c3ccccc3)cn2)C1=O. The Morgan fingerprint density at radius 1 is 0.724 bits per heavy atom. The van der Waals surface area contributed by atoms with E-state index in [1.165, 1.54) is 6.07 Å². The van der Waals surface area contributed by atoms with Crippen LogP contribution in [0.5, 0.6) is 11.5 Å². The molecule has 1 atom stereocenters. The molecule has 2 aliphatic rings. The number of carbonyl (C=O) groups is 2. The molecule has 0 spiro atoms. The number of halogens is 1. The first-order valence-corrected chi connectivity index (χ1v) is 18.9. The second kappa shape index (κ2) is 15.5. The van der Waals surface area contributed by atoms with E-state index in [0.29, 0.717) is 47.3 Å². The van der Waals surface area contributed by atoms with E-state index in [1.807, 2.05) is 72.9 Å². The molecule has 10 nitrogen and oxygen atoms in total. The average Bonchev–Trinajstić information content (AvgIpc) is 3.70. The molecule has 0 unspecified atom stereocenters. The summed E-state index contributed by atoms with van der Waals surface area (Å²) < 4.78 is 29.0. The largest absolute Gasteiger partial charge is 0.486 e. The van der Waals surface area contributed by atoms with Gasteiger partial charge in [-0.3, -0.25) is 4.79 Å². The molecule has 7 aromatic rings. The van der Waals surface area contributed by atoms with E-state index < -0.39 is 29.5 Å². The Labute approximate surface area is 334 Å². The molecular weight excluding hydrogens is 732 g/mol. The first-order valence-electron chi connectivity index (χ1n) is 18.9. The Bertz CT molecular complexity index is 2540. The fourth-order valence-corrected chi connectivity index (χ4v) is 7.74. The van der Waals surface area contributed by atoms with Crippen molar-refractivity contribution < 1.29 is 23.5 Å². The number of nitrogens with one attached hydrogen (secondary N) is 2. The van der Waals surface area contributed by atoms with E-state index in [4.69, 9.17) is 19.5 Å². The molecule has 2 aliphatic heterocycles. The van der Waals surface area contributed by atoms with Gasteiger partial charge in [0, 0.05) is 29.1 Å². The molecular formula is C47H37FN6O4. The number of urea groups is 1. The number of ether oxygens (including phenoxy) is 2. The maximum absolute atomic E-state index is 15.6. The summed E-state index contributed by atoms with van der Waals surface area (Å²) in [5, 5.41) is 5.54. The topological polar surface area (TPSA) is 110 Å². The van der Waals surface area contributed by atoms with Crippen molar-refractivity contribution in [3.63, 3.8) is 0 Å². The predicted molar refractivity (Wildman–Crippen MR) is 220 cm³/mol. The number of rotatable bonds is 9. The number of hydrogen-bond acceptors (Lipinski definition) is 6. The Morgan fingerprint density at radius 3 is 1.97 bits per heavy atom. The van der Waals surface area contributed by atoms with Gasteiger partial charge in [-0.2, -0.15) is 0 Å². The minimum absolute atomic E-state index is 0.0132. The summed E-state index contributed by atoms with van der Waals surface area (Å²) in [7, 11) is 0. The molecule has 3 amide bonds. The van der Waals surface area contributed by atoms with Crippen LogP contribution in [-0.4, -0.2) is 46.6 Å². The van der Waals surface area contributed by atoms with Crippen LogP contribution in [0.4, 0.5) is 20.6 Å². The molecule has 58 heavy (non-hydrogen) atoms. The first kappa shape index (κ1) is 36.1. The van der Waals surface area contributed by atoms with Crippen LogP contribution >= 0.6 is 0 Å². The fraction of sp³-hybridized carbons (Fsp3) is 0.106. The van der Waals surface area contributed by atoms with Gasteiger partial charge in [0.15, 0.2) is 11.5 Å². The van der Waals surface area contributed by atoms with Gasteiger partial charge in [-0.25, -0.2) is 19.2 Å². The van der Waals surface area contributed by atoms with Crippen LogP contribution in [0.1, 0.15) is 33.5 Å². The highest BCUT2D eigenvalue weighted by atomic mass is 19.1. The van der Waals surface area contributed by atoms with Crippen molar-refractivity contribution in [1.82, 2.24) is 14.9 Å².